The molecule has 0 spiro atoms. The van der Waals surface area contributed by atoms with E-state index < -0.39 is 0 Å². The van der Waals surface area contributed by atoms with Crippen LogP contribution in [-0.4, -0.2) is 0 Å². The van der Waals surface area contributed by atoms with Gasteiger partial charge >= 0.3 is 0 Å². The zero-order valence-corrected chi connectivity index (χ0v) is 8.15. The lowest BCUT2D eigenvalue weighted by Gasteiger charge is -2.01. The largest absolute Gasteiger partial charge is 0.207 e. The first kappa shape index (κ1) is 7.99. The number of hydrogen-bond acceptors (Lipinski definition) is 0. The normalized spacial score (nSPS) is 14.4. The van der Waals surface area contributed by atoms with E-state index in [1.165, 1.54) is 6.07 Å². The molecule has 0 amide bonds. The summed E-state index contributed by atoms with van der Waals surface area (Å²) >= 11 is 3.38. The Morgan fingerprint density at radius 2 is 2.00 bits per heavy atom. The Morgan fingerprint density at radius 1 is 1.25 bits per heavy atom. The molecule has 2 heteroatoms. The molecule has 0 aromatic heterocycles. The van der Waals surface area contributed by atoms with Crippen LogP contribution < -0.4 is 0 Å². The summed E-state index contributed by atoms with van der Waals surface area (Å²) in [5.41, 5.74) is 2.74. The maximum absolute atomic E-state index is 13.2. The Labute approximate surface area is 79.2 Å². The first-order valence-corrected chi connectivity index (χ1v) is 4.49. The van der Waals surface area contributed by atoms with E-state index in [0.29, 0.717) is 5.56 Å². The molecule has 1 aromatic carbocycles. The van der Waals surface area contributed by atoms with Gasteiger partial charge in [0, 0.05) is 16.5 Å². The summed E-state index contributed by atoms with van der Waals surface area (Å²) in [6.45, 7) is 1.96. The molecule has 0 fully saturated rings. The van der Waals surface area contributed by atoms with E-state index in [0.717, 1.165) is 15.6 Å². The number of allylic oxidation sites excluding steroid dienone is 1. The molecule has 61 valence electrons. The molecular weight excluding hydrogens is 219 g/mol. The molecule has 0 aliphatic heterocycles. The second-order valence-corrected chi connectivity index (χ2v) is 3.74. The van der Waals surface area contributed by atoms with Gasteiger partial charge in [0.2, 0.25) is 0 Å². The maximum atomic E-state index is 13.2. The van der Waals surface area contributed by atoms with E-state index in [4.69, 9.17) is 0 Å². The van der Waals surface area contributed by atoms with Crippen molar-refractivity contribution >= 4 is 22.0 Å². The fourth-order valence-corrected chi connectivity index (χ4v) is 1.83. The average molecular weight is 226 g/mol. The Bertz CT molecular complexity index is 366. The summed E-state index contributed by atoms with van der Waals surface area (Å²) in [6, 6.07) is 3.21. The predicted molar refractivity (Wildman–Crippen MR) is 51.2 cm³/mol. The zero-order chi connectivity index (χ0) is 8.72. The molecule has 1 aromatic rings. The van der Waals surface area contributed by atoms with Crippen LogP contribution in [0.3, 0.4) is 0 Å². The molecule has 0 nitrogen and oxygen atoms in total. The number of rotatable bonds is 0. The van der Waals surface area contributed by atoms with Crippen LogP contribution in [0.15, 0.2) is 22.2 Å². The fourth-order valence-electron chi connectivity index (χ4n) is 1.37. The summed E-state index contributed by atoms with van der Waals surface area (Å²) in [5, 5.41) is 0. The Kier molecular flexibility index (Phi) is 1.80. The van der Waals surface area contributed by atoms with Crippen molar-refractivity contribution < 1.29 is 4.39 Å². The lowest BCUT2D eigenvalue weighted by atomic mass is 10.1. The molecule has 0 heterocycles. The molecular formula is C10H7BrF. The highest BCUT2D eigenvalue weighted by Gasteiger charge is 2.16. The van der Waals surface area contributed by atoms with Crippen LogP contribution in [-0.2, 0) is 0 Å². The summed E-state index contributed by atoms with van der Waals surface area (Å²) < 4.78 is 14.1. The van der Waals surface area contributed by atoms with Crippen molar-refractivity contribution in [3.8, 4) is 0 Å². The van der Waals surface area contributed by atoms with Crippen LogP contribution in [0.25, 0.3) is 6.08 Å². The number of fused-ring (bicyclic) bond motifs is 1. The van der Waals surface area contributed by atoms with Gasteiger partial charge in [0.25, 0.3) is 0 Å². The van der Waals surface area contributed by atoms with E-state index in [1.807, 2.05) is 19.4 Å². The van der Waals surface area contributed by atoms with Crippen molar-refractivity contribution in [1.82, 2.24) is 0 Å². The van der Waals surface area contributed by atoms with Gasteiger partial charge in [0.15, 0.2) is 0 Å². The molecule has 0 bridgehead atoms. The third-order valence-electron chi connectivity index (χ3n) is 1.92. The average Bonchev–Trinajstić information content (AvgIpc) is 2.41. The van der Waals surface area contributed by atoms with Crippen molar-refractivity contribution in [3.05, 3.63) is 45.5 Å². The predicted octanol–water partition coefficient (Wildman–Crippen LogP) is 3.56. The van der Waals surface area contributed by atoms with E-state index in [9.17, 15) is 4.39 Å². The van der Waals surface area contributed by atoms with Gasteiger partial charge in [-0.25, -0.2) is 4.39 Å². The van der Waals surface area contributed by atoms with Crippen LogP contribution in [0, 0.1) is 12.2 Å². The highest BCUT2D eigenvalue weighted by Crippen LogP contribution is 2.33. The van der Waals surface area contributed by atoms with Gasteiger partial charge in [-0.1, -0.05) is 27.6 Å². The van der Waals surface area contributed by atoms with Crippen LogP contribution in [0.2, 0.25) is 0 Å². The second-order valence-electron chi connectivity index (χ2n) is 2.89. The number of halogens is 2. The van der Waals surface area contributed by atoms with Gasteiger partial charge in [-0.15, -0.1) is 0 Å². The first-order chi connectivity index (χ1) is 5.68. The van der Waals surface area contributed by atoms with Gasteiger partial charge in [0.05, 0.1) is 0 Å². The van der Waals surface area contributed by atoms with E-state index >= 15 is 0 Å². The van der Waals surface area contributed by atoms with Gasteiger partial charge in [-0.3, -0.25) is 0 Å². The molecule has 0 saturated heterocycles. The van der Waals surface area contributed by atoms with Crippen LogP contribution in [0.4, 0.5) is 4.39 Å². The highest BCUT2D eigenvalue weighted by atomic mass is 79.9. The van der Waals surface area contributed by atoms with Gasteiger partial charge in [-0.05, 0) is 24.6 Å². The van der Waals surface area contributed by atoms with Crippen molar-refractivity contribution in [2.24, 2.45) is 0 Å². The van der Waals surface area contributed by atoms with E-state index in [2.05, 4.69) is 15.9 Å². The standard InChI is InChI=1S/C10H7BrF/c1-6-4-7-8(5-6)10(12)3-2-9(7)11/h2-5H,1H3. The van der Waals surface area contributed by atoms with Gasteiger partial charge in [-0.2, -0.15) is 0 Å². The third kappa shape index (κ3) is 1.11. The molecule has 1 aliphatic rings. The summed E-state index contributed by atoms with van der Waals surface area (Å²) in [6.07, 6.45) is 3.83. The molecule has 12 heavy (non-hydrogen) atoms. The van der Waals surface area contributed by atoms with Crippen molar-refractivity contribution in [1.29, 1.82) is 0 Å². The zero-order valence-electron chi connectivity index (χ0n) is 6.57. The van der Waals surface area contributed by atoms with Crippen LogP contribution >= 0.6 is 15.9 Å². The monoisotopic (exact) mass is 225 g/mol. The molecule has 0 saturated carbocycles. The van der Waals surface area contributed by atoms with Crippen molar-refractivity contribution in [3.63, 3.8) is 0 Å². The SMILES string of the molecule is CC1=Cc2c(Br)ccc(F)c2[CH]1. The fraction of sp³-hybridized carbons (Fsp3) is 0.100. The Hall–Kier alpha value is -0.630. The molecule has 1 aliphatic carbocycles. The highest BCUT2D eigenvalue weighted by molar-refractivity contribution is 9.10. The third-order valence-corrected chi connectivity index (χ3v) is 2.62. The van der Waals surface area contributed by atoms with E-state index in [-0.39, 0.29) is 5.82 Å². The molecule has 0 N–H and O–H groups in total. The van der Waals surface area contributed by atoms with Crippen LogP contribution in [0.5, 0.6) is 0 Å². The minimum atomic E-state index is -0.152. The minimum Gasteiger partial charge on any atom is -0.207 e. The maximum Gasteiger partial charge on any atom is 0.127 e. The Balaban J connectivity index is 2.66. The quantitative estimate of drug-likeness (QED) is 0.634. The van der Waals surface area contributed by atoms with E-state index in [1.54, 1.807) is 6.07 Å². The lowest BCUT2D eigenvalue weighted by Crippen LogP contribution is -1.87. The van der Waals surface area contributed by atoms with Gasteiger partial charge in [0.1, 0.15) is 5.82 Å². The smallest absolute Gasteiger partial charge is 0.127 e. The van der Waals surface area contributed by atoms with Gasteiger partial charge < -0.3 is 0 Å². The molecule has 0 unspecified atom stereocenters. The summed E-state index contributed by atoms with van der Waals surface area (Å²) in [5.74, 6) is -0.152. The van der Waals surface area contributed by atoms with Crippen molar-refractivity contribution in [2.45, 2.75) is 6.92 Å². The molecule has 1 radical (unpaired) electrons. The summed E-state index contributed by atoms with van der Waals surface area (Å²) in [7, 11) is 0. The van der Waals surface area contributed by atoms with Crippen LogP contribution in [0.1, 0.15) is 18.1 Å². The lowest BCUT2D eigenvalue weighted by molar-refractivity contribution is 0.621. The Morgan fingerprint density at radius 3 is 2.67 bits per heavy atom. The van der Waals surface area contributed by atoms with Crippen molar-refractivity contribution in [2.75, 3.05) is 0 Å². The molecule has 2 rings (SSSR count). The molecule has 0 atom stereocenters. The topological polar surface area (TPSA) is 0 Å². The second kappa shape index (κ2) is 2.70. The number of benzene rings is 1. The summed E-state index contributed by atoms with van der Waals surface area (Å²) in [4.78, 5) is 0. The number of hydrogen-bond donors (Lipinski definition) is 0. The minimum absolute atomic E-state index is 0.152. The first-order valence-electron chi connectivity index (χ1n) is 3.69.